The lowest BCUT2D eigenvalue weighted by Gasteiger charge is -2.18. The molecule has 0 fully saturated rings. The third-order valence-corrected chi connectivity index (χ3v) is 16.4. The van der Waals surface area contributed by atoms with Gasteiger partial charge in [0.15, 0.2) is 6.10 Å². The van der Waals surface area contributed by atoms with Crippen LogP contribution in [0, 0.1) is 0 Å². The fraction of sp³-hybridized carbons (Fsp3) is 0.904. The Bertz CT molecular complexity index is 1270. The van der Waals surface area contributed by atoms with Crippen molar-refractivity contribution >= 4 is 17.9 Å². The summed E-state index contributed by atoms with van der Waals surface area (Å²) in [5.74, 6) is -0.835. The number of rotatable bonds is 67. The van der Waals surface area contributed by atoms with Gasteiger partial charge in [-0.15, -0.1) is 0 Å². The topological polar surface area (TPSA) is 78.9 Å². The standard InChI is InChI=1S/C73H138O6/c1-4-7-10-13-16-19-22-25-28-31-34-36-39-42-45-48-51-54-57-60-63-66-72(75)78-69-70(68-77-71(74)65-62-59-56-53-50-47-44-41-38-33-30-27-24-21-18-15-12-9-6-3)79-73(76)67-64-61-58-55-52-49-46-43-40-37-35-32-29-26-23-20-17-14-11-8-5-2/h25,27-28,30,70H,4-24,26,29,31-69H2,1-3H3/b28-25-,30-27-/t70-/m0/s1. The van der Waals surface area contributed by atoms with Gasteiger partial charge in [-0.3, -0.25) is 14.4 Å². The number of hydrogen-bond acceptors (Lipinski definition) is 6. The zero-order valence-electron chi connectivity index (χ0n) is 53.7. The molecule has 0 radical (unpaired) electrons. The number of unbranched alkanes of at least 4 members (excludes halogenated alkanes) is 52. The number of esters is 3. The van der Waals surface area contributed by atoms with Crippen molar-refractivity contribution in [2.75, 3.05) is 13.2 Å². The van der Waals surface area contributed by atoms with Crippen LogP contribution in [0.4, 0.5) is 0 Å². The molecule has 6 heteroatoms. The average molecular weight is 1110 g/mol. The summed E-state index contributed by atoms with van der Waals surface area (Å²) in [5.41, 5.74) is 0. The van der Waals surface area contributed by atoms with Crippen molar-refractivity contribution in [3.05, 3.63) is 24.3 Å². The average Bonchev–Trinajstić information content (AvgIpc) is 3.45. The molecule has 0 saturated carbocycles. The normalized spacial score (nSPS) is 12.1. The second kappa shape index (κ2) is 68.4. The molecule has 0 saturated heterocycles. The summed E-state index contributed by atoms with van der Waals surface area (Å²) in [6.07, 6.45) is 83.4. The van der Waals surface area contributed by atoms with Crippen molar-refractivity contribution in [2.24, 2.45) is 0 Å². The Morgan fingerprint density at radius 3 is 0.633 bits per heavy atom. The largest absolute Gasteiger partial charge is 0.462 e. The number of ether oxygens (including phenoxy) is 3. The van der Waals surface area contributed by atoms with Crippen molar-refractivity contribution in [2.45, 2.75) is 412 Å². The van der Waals surface area contributed by atoms with Crippen molar-refractivity contribution in [3.8, 4) is 0 Å². The monoisotopic (exact) mass is 1110 g/mol. The van der Waals surface area contributed by atoms with Crippen LogP contribution >= 0.6 is 0 Å². The molecule has 0 rings (SSSR count). The molecule has 0 bridgehead atoms. The van der Waals surface area contributed by atoms with E-state index in [1.807, 2.05) is 0 Å². The van der Waals surface area contributed by atoms with Crippen LogP contribution in [0.25, 0.3) is 0 Å². The first-order valence-electron chi connectivity index (χ1n) is 35.8. The lowest BCUT2D eigenvalue weighted by atomic mass is 10.0. The van der Waals surface area contributed by atoms with E-state index in [4.69, 9.17) is 14.2 Å². The van der Waals surface area contributed by atoms with Crippen molar-refractivity contribution in [3.63, 3.8) is 0 Å². The molecule has 0 aromatic rings. The van der Waals surface area contributed by atoms with Gasteiger partial charge in [0.1, 0.15) is 13.2 Å². The highest BCUT2D eigenvalue weighted by molar-refractivity contribution is 5.71. The van der Waals surface area contributed by atoms with Gasteiger partial charge in [-0.1, -0.05) is 340 Å². The summed E-state index contributed by atoms with van der Waals surface area (Å²) in [4.78, 5) is 38.5. The van der Waals surface area contributed by atoms with E-state index < -0.39 is 6.10 Å². The summed E-state index contributed by atoms with van der Waals surface area (Å²) < 4.78 is 17.0. The highest BCUT2D eigenvalue weighted by Gasteiger charge is 2.19. The predicted molar refractivity (Wildman–Crippen MR) is 344 cm³/mol. The zero-order chi connectivity index (χ0) is 57.1. The van der Waals surface area contributed by atoms with Gasteiger partial charge in [-0.05, 0) is 70.6 Å². The number of carbonyl (C=O) groups is 3. The molecule has 1 atom stereocenters. The van der Waals surface area contributed by atoms with Crippen molar-refractivity contribution in [1.82, 2.24) is 0 Å². The van der Waals surface area contributed by atoms with E-state index in [1.165, 1.54) is 308 Å². The summed E-state index contributed by atoms with van der Waals surface area (Å²) in [7, 11) is 0. The molecule has 466 valence electrons. The molecule has 0 aromatic carbocycles. The molecule has 0 aliphatic carbocycles. The fourth-order valence-electron chi connectivity index (χ4n) is 11.0. The summed E-state index contributed by atoms with van der Waals surface area (Å²) in [6.45, 7) is 6.72. The van der Waals surface area contributed by atoms with E-state index in [9.17, 15) is 14.4 Å². The highest BCUT2D eigenvalue weighted by Crippen LogP contribution is 2.19. The Labute approximate surface area is 493 Å². The van der Waals surface area contributed by atoms with Crippen LogP contribution in [0.1, 0.15) is 406 Å². The van der Waals surface area contributed by atoms with E-state index in [1.54, 1.807) is 0 Å². The Balaban J connectivity index is 4.30. The molecule has 0 N–H and O–H groups in total. The molecule has 0 aliphatic heterocycles. The van der Waals surface area contributed by atoms with Crippen LogP contribution in [0.15, 0.2) is 24.3 Å². The van der Waals surface area contributed by atoms with Crippen LogP contribution in [-0.4, -0.2) is 37.2 Å². The molecular formula is C73H138O6. The zero-order valence-corrected chi connectivity index (χ0v) is 53.7. The molecule has 6 nitrogen and oxygen atoms in total. The first kappa shape index (κ1) is 76.9. The summed E-state index contributed by atoms with van der Waals surface area (Å²) in [5, 5.41) is 0. The number of carbonyl (C=O) groups excluding carboxylic acids is 3. The fourth-order valence-corrected chi connectivity index (χ4v) is 11.0. The molecule has 0 aliphatic rings. The molecular weight excluding hydrogens is 973 g/mol. The van der Waals surface area contributed by atoms with Crippen LogP contribution in [-0.2, 0) is 28.6 Å². The third-order valence-electron chi connectivity index (χ3n) is 16.4. The van der Waals surface area contributed by atoms with Crippen LogP contribution < -0.4 is 0 Å². The SMILES string of the molecule is CCCCCCCC/C=C\CCCCCCCCCCCCCC(=O)OC[C@H](COC(=O)CCCCCCCCCCC/C=C\CCCCCCCC)OC(=O)CCCCCCCCCCCCCCCCCCCCCCC. The maximum absolute atomic E-state index is 13.0. The second-order valence-corrected chi connectivity index (χ2v) is 24.5. The van der Waals surface area contributed by atoms with Crippen molar-refractivity contribution < 1.29 is 28.6 Å². The minimum Gasteiger partial charge on any atom is -0.462 e. The van der Waals surface area contributed by atoms with Gasteiger partial charge in [0.05, 0.1) is 0 Å². The molecule has 0 amide bonds. The molecule has 0 heterocycles. The highest BCUT2D eigenvalue weighted by atomic mass is 16.6. The lowest BCUT2D eigenvalue weighted by molar-refractivity contribution is -0.167. The molecule has 0 spiro atoms. The summed E-state index contributed by atoms with van der Waals surface area (Å²) in [6, 6.07) is 0. The van der Waals surface area contributed by atoms with Gasteiger partial charge >= 0.3 is 17.9 Å². The van der Waals surface area contributed by atoms with E-state index >= 15 is 0 Å². The van der Waals surface area contributed by atoms with E-state index in [-0.39, 0.29) is 31.1 Å². The van der Waals surface area contributed by atoms with Gasteiger partial charge in [-0.25, -0.2) is 0 Å². The van der Waals surface area contributed by atoms with Crippen LogP contribution in [0.2, 0.25) is 0 Å². The van der Waals surface area contributed by atoms with Gasteiger partial charge in [0, 0.05) is 19.3 Å². The van der Waals surface area contributed by atoms with E-state index in [0.29, 0.717) is 19.3 Å². The lowest BCUT2D eigenvalue weighted by Crippen LogP contribution is -2.30. The van der Waals surface area contributed by atoms with Crippen LogP contribution in [0.3, 0.4) is 0 Å². The minimum atomic E-state index is -0.770. The second-order valence-electron chi connectivity index (χ2n) is 24.5. The predicted octanol–water partition coefficient (Wildman–Crippen LogP) is 24.6. The summed E-state index contributed by atoms with van der Waals surface area (Å²) >= 11 is 0. The molecule has 79 heavy (non-hydrogen) atoms. The quantitative estimate of drug-likeness (QED) is 0.0261. The maximum atomic E-state index is 13.0. The third kappa shape index (κ3) is 66.6. The molecule has 0 unspecified atom stereocenters. The Kier molecular flexibility index (Phi) is 66.6. The molecule has 0 aromatic heterocycles. The van der Waals surface area contributed by atoms with Gasteiger partial charge in [-0.2, -0.15) is 0 Å². The maximum Gasteiger partial charge on any atom is 0.306 e. The first-order valence-corrected chi connectivity index (χ1v) is 35.8. The smallest absolute Gasteiger partial charge is 0.306 e. The number of hydrogen-bond donors (Lipinski definition) is 0. The van der Waals surface area contributed by atoms with Gasteiger partial charge < -0.3 is 14.2 Å². The Morgan fingerprint density at radius 1 is 0.241 bits per heavy atom. The van der Waals surface area contributed by atoms with Gasteiger partial charge in [0.25, 0.3) is 0 Å². The number of allylic oxidation sites excluding steroid dienone is 4. The van der Waals surface area contributed by atoms with Crippen LogP contribution in [0.5, 0.6) is 0 Å². The van der Waals surface area contributed by atoms with E-state index in [0.717, 1.165) is 57.8 Å². The minimum absolute atomic E-state index is 0.0664. The van der Waals surface area contributed by atoms with Gasteiger partial charge in [0.2, 0.25) is 0 Å². The van der Waals surface area contributed by atoms with Crippen molar-refractivity contribution in [1.29, 1.82) is 0 Å². The van der Waals surface area contributed by atoms with E-state index in [2.05, 4.69) is 45.1 Å². The Morgan fingerprint density at radius 2 is 0.418 bits per heavy atom. The first-order chi connectivity index (χ1) is 39.0. The Hall–Kier alpha value is -2.11.